The molecule has 122 valence electrons. The van der Waals surface area contributed by atoms with Gasteiger partial charge in [-0.05, 0) is 43.5 Å². The van der Waals surface area contributed by atoms with Crippen LogP contribution in [0, 0.1) is 5.92 Å². The number of hydrogen-bond donors (Lipinski definition) is 2. The molecule has 0 saturated carbocycles. The highest BCUT2D eigenvalue weighted by Crippen LogP contribution is 2.23. The molecule has 22 heavy (non-hydrogen) atoms. The summed E-state index contributed by atoms with van der Waals surface area (Å²) >= 11 is 0. The van der Waals surface area contributed by atoms with Crippen LogP contribution in [0.4, 0.5) is 5.69 Å². The summed E-state index contributed by atoms with van der Waals surface area (Å²) in [6.45, 7) is 5.41. The molecule has 1 rings (SSSR count). The zero-order chi connectivity index (χ0) is 16.8. The second-order valence-electron chi connectivity index (χ2n) is 5.69. The minimum Gasteiger partial charge on any atom is -0.482 e. The minimum atomic E-state index is -1.04. The van der Waals surface area contributed by atoms with E-state index >= 15 is 0 Å². The molecule has 0 saturated heterocycles. The van der Waals surface area contributed by atoms with Crippen molar-refractivity contribution in [2.45, 2.75) is 32.8 Å². The summed E-state index contributed by atoms with van der Waals surface area (Å²) in [4.78, 5) is 22.8. The quantitative estimate of drug-likeness (QED) is 0.771. The van der Waals surface area contributed by atoms with Gasteiger partial charge in [-0.3, -0.25) is 4.79 Å². The Morgan fingerprint density at radius 3 is 2.32 bits per heavy atom. The Bertz CT molecular complexity index is 512. The number of carboxylic acids is 1. The molecule has 6 nitrogen and oxygen atoms in total. The molecular weight excluding hydrogens is 286 g/mol. The second-order valence-corrected chi connectivity index (χ2v) is 5.69. The van der Waals surface area contributed by atoms with E-state index in [0.29, 0.717) is 23.8 Å². The number of rotatable bonds is 8. The van der Waals surface area contributed by atoms with E-state index in [1.165, 1.54) is 7.11 Å². The topological polar surface area (TPSA) is 84.9 Å². The Hall–Kier alpha value is -2.08. The molecule has 1 amide bonds. The maximum atomic E-state index is 12.4. The van der Waals surface area contributed by atoms with Gasteiger partial charge in [-0.25, -0.2) is 4.79 Å². The molecule has 1 aromatic rings. The monoisotopic (exact) mass is 309 g/mol. The van der Waals surface area contributed by atoms with Crippen molar-refractivity contribution in [3.63, 3.8) is 0 Å². The summed E-state index contributed by atoms with van der Waals surface area (Å²) in [6, 6.07) is 6.51. The van der Waals surface area contributed by atoms with E-state index in [-0.39, 0.29) is 5.91 Å². The lowest BCUT2D eigenvalue weighted by Gasteiger charge is -2.28. The molecule has 0 fully saturated rings. The van der Waals surface area contributed by atoms with Crippen LogP contribution in [0.25, 0.3) is 0 Å². The van der Waals surface area contributed by atoms with E-state index in [4.69, 9.17) is 14.6 Å². The van der Waals surface area contributed by atoms with Crippen molar-refractivity contribution in [2.24, 2.45) is 5.92 Å². The van der Waals surface area contributed by atoms with Crippen molar-refractivity contribution in [1.29, 1.82) is 0 Å². The SMILES string of the molecule is COC(C)(CC(C)C)C(=O)Nc1ccc(OCC(=O)O)cc1. The number of carboxylic acid groups (broad SMARTS) is 1. The van der Waals surface area contributed by atoms with Crippen LogP contribution in [0.1, 0.15) is 27.2 Å². The fraction of sp³-hybridized carbons (Fsp3) is 0.500. The van der Waals surface area contributed by atoms with Gasteiger partial charge < -0.3 is 19.9 Å². The normalized spacial score (nSPS) is 13.5. The summed E-state index contributed by atoms with van der Waals surface area (Å²) in [6.07, 6.45) is 0.606. The van der Waals surface area contributed by atoms with Crippen LogP contribution < -0.4 is 10.1 Å². The van der Waals surface area contributed by atoms with Crippen molar-refractivity contribution in [3.8, 4) is 5.75 Å². The second kappa shape index (κ2) is 7.79. The van der Waals surface area contributed by atoms with Crippen LogP contribution in [0.3, 0.4) is 0 Å². The molecule has 0 bridgehead atoms. The molecule has 0 heterocycles. The number of nitrogens with one attached hydrogen (secondary N) is 1. The van der Waals surface area contributed by atoms with Gasteiger partial charge in [0, 0.05) is 12.8 Å². The number of amides is 1. The third-order valence-electron chi connectivity index (χ3n) is 3.20. The Kier molecular flexibility index (Phi) is 6.37. The minimum absolute atomic E-state index is 0.220. The van der Waals surface area contributed by atoms with Crippen molar-refractivity contribution in [3.05, 3.63) is 24.3 Å². The highest BCUT2D eigenvalue weighted by molar-refractivity contribution is 5.97. The van der Waals surface area contributed by atoms with Gasteiger partial charge in [0.1, 0.15) is 11.4 Å². The molecule has 6 heteroatoms. The van der Waals surface area contributed by atoms with Crippen LogP contribution >= 0.6 is 0 Å². The largest absolute Gasteiger partial charge is 0.482 e. The lowest BCUT2D eigenvalue weighted by atomic mass is 9.93. The van der Waals surface area contributed by atoms with Crippen molar-refractivity contribution in [1.82, 2.24) is 0 Å². The number of aliphatic carboxylic acids is 1. The fourth-order valence-corrected chi connectivity index (χ4v) is 2.09. The van der Waals surface area contributed by atoms with E-state index in [1.54, 1.807) is 31.2 Å². The smallest absolute Gasteiger partial charge is 0.341 e. The average Bonchev–Trinajstić information content (AvgIpc) is 2.45. The van der Waals surface area contributed by atoms with Crippen LogP contribution in [0.2, 0.25) is 0 Å². The first kappa shape index (κ1) is 18.0. The maximum Gasteiger partial charge on any atom is 0.341 e. The van der Waals surface area contributed by atoms with Gasteiger partial charge in [-0.2, -0.15) is 0 Å². The Morgan fingerprint density at radius 2 is 1.86 bits per heavy atom. The number of benzene rings is 1. The summed E-state index contributed by atoms with van der Waals surface area (Å²) in [5, 5.41) is 11.3. The fourth-order valence-electron chi connectivity index (χ4n) is 2.09. The van der Waals surface area contributed by atoms with Crippen molar-refractivity contribution >= 4 is 17.6 Å². The summed E-state index contributed by atoms with van der Waals surface area (Å²) < 4.78 is 10.4. The molecule has 1 unspecified atom stereocenters. The van der Waals surface area contributed by atoms with E-state index in [9.17, 15) is 9.59 Å². The van der Waals surface area contributed by atoms with Crippen molar-refractivity contribution in [2.75, 3.05) is 19.0 Å². The molecular formula is C16H23NO5. The van der Waals surface area contributed by atoms with Gasteiger partial charge in [0.05, 0.1) is 0 Å². The zero-order valence-electron chi connectivity index (χ0n) is 13.4. The molecule has 0 aliphatic heterocycles. The molecule has 1 atom stereocenters. The van der Waals surface area contributed by atoms with E-state index < -0.39 is 18.2 Å². The standard InChI is InChI=1S/C16H23NO5/c1-11(2)9-16(3,21-4)15(20)17-12-5-7-13(8-6-12)22-10-14(18)19/h5-8,11H,9-10H2,1-4H3,(H,17,20)(H,18,19). The van der Waals surface area contributed by atoms with Crippen LogP contribution in [0.5, 0.6) is 5.75 Å². The van der Waals surface area contributed by atoms with Gasteiger partial charge in [0.2, 0.25) is 0 Å². The first-order valence-corrected chi connectivity index (χ1v) is 7.08. The van der Waals surface area contributed by atoms with Gasteiger partial charge in [0.25, 0.3) is 5.91 Å². The number of hydrogen-bond acceptors (Lipinski definition) is 4. The van der Waals surface area contributed by atoms with Crippen LogP contribution in [-0.2, 0) is 14.3 Å². The van der Waals surface area contributed by atoms with Crippen LogP contribution in [0.15, 0.2) is 24.3 Å². The third kappa shape index (κ3) is 5.37. The Labute approximate surface area is 130 Å². The summed E-state index contributed by atoms with van der Waals surface area (Å²) in [7, 11) is 1.52. The zero-order valence-corrected chi connectivity index (χ0v) is 13.4. The van der Waals surface area contributed by atoms with Crippen LogP contribution in [-0.4, -0.2) is 36.3 Å². The van der Waals surface area contributed by atoms with Gasteiger partial charge in [-0.15, -0.1) is 0 Å². The van der Waals surface area contributed by atoms with Crippen molar-refractivity contribution < 1.29 is 24.2 Å². The highest BCUT2D eigenvalue weighted by Gasteiger charge is 2.33. The average molecular weight is 309 g/mol. The number of ether oxygens (including phenoxy) is 2. The molecule has 0 aromatic heterocycles. The number of carbonyl (C=O) groups is 2. The molecule has 0 aliphatic carbocycles. The molecule has 1 aromatic carbocycles. The first-order valence-electron chi connectivity index (χ1n) is 7.08. The van der Waals surface area contributed by atoms with Gasteiger partial charge >= 0.3 is 5.97 Å². The molecule has 0 radical (unpaired) electrons. The number of anilines is 1. The third-order valence-corrected chi connectivity index (χ3v) is 3.20. The maximum absolute atomic E-state index is 12.4. The van der Waals surface area contributed by atoms with E-state index in [2.05, 4.69) is 5.32 Å². The lowest BCUT2D eigenvalue weighted by molar-refractivity contribution is -0.139. The Morgan fingerprint density at radius 1 is 1.27 bits per heavy atom. The Balaban J connectivity index is 2.69. The summed E-state index contributed by atoms with van der Waals surface area (Å²) in [5.41, 5.74) is -0.299. The lowest BCUT2D eigenvalue weighted by Crippen LogP contribution is -2.43. The summed E-state index contributed by atoms with van der Waals surface area (Å²) in [5.74, 6) is -0.510. The number of methoxy groups -OCH3 is 1. The predicted octanol–water partition coefficient (Wildman–Crippen LogP) is 2.54. The highest BCUT2D eigenvalue weighted by atomic mass is 16.5. The molecule has 0 aliphatic rings. The molecule has 0 spiro atoms. The number of carbonyl (C=O) groups excluding carboxylic acids is 1. The van der Waals surface area contributed by atoms with E-state index in [1.807, 2.05) is 13.8 Å². The first-order chi connectivity index (χ1) is 10.3. The van der Waals surface area contributed by atoms with E-state index in [0.717, 1.165) is 0 Å². The van der Waals surface area contributed by atoms with Gasteiger partial charge in [-0.1, -0.05) is 13.8 Å². The predicted molar refractivity (Wildman–Crippen MR) is 83.1 cm³/mol. The van der Waals surface area contributed by atoms with Gasteiger partial charge in [0.15, 0.2) is 6.61 Å². The molecule has 2 N–H and O–H groups in total.